The molecule has 0 radical (unpaired) electrons. The molecule has 7 heteroatoms. The fourth-order valence-electron chi connectivity index (χ4n) is 5.08. The zero-order valence-electron chi connectivity index (χ0n) is 18.6. The number of aromatic nitrogens is 1. The first-order valence-corrected chi connectivity index (χ1v) is 13.2. The third-order valence-corrected chi connectivity index (χ3v) is 7.68. The van der Waals surface area contributed by atoms with Crippen molar-refractivity contribution in [3.8, 4) is 11.8 Å². The number of fused-ring (bicyclic) bond motifs is 2. The van der Waals surface area contributed by atoms with Gasteiger partial charge in [0.15, 0.2) is 5.78 Å². The maximum atomic E-state index is 13.3. The number of benzene rings is 1. The van der Waals surface area contributed by atoms with E-state index < -0.39 is 9.84 Å². The number of sulfone groups is 1. The molecule has 2 aliphatic heterocycles. The predicted molar refractivity (Wildman–Crippen MR) is 126 cm³/mol. The second-order valence-corrected chi connectivity index (χ2v) is 11.2. The Kier molecular flexibility index (Phi) is 6.36. The fraction of sp³-hybridized carbons (Fsp3) is 0.440. The van der Waals surface area contributed by atoms with Crippen LogP contribution in [0.25, 0.3) is 11.8 Å². The van der Waals surface area contributed by atoms with Gasteiger partial charge in [0.2, 0.25) is 0 Å². The van der Waals surface area contributed by atoms with Crippen molar-refractivity contribution >= 4 is 21.7 Å². The van der Waals surface area contributed by atoms with Crippen LogP contribution in [0.1, 0.15) is 59.4 Å². The summed E-state index contributed by atoms with van der Waals surface area (Å²) in [4.78, 5) is 15.7. The first kappa shape index (κ1) is 22.5. The second-order valence-electron chi connectivity index (χ2n) is 8.94. The van der Waals surface area contributed by atoms with Gasteiger partial charge in [-0.05, 0) is 75.4 Å². The van der Waals surface area contributed by atoms with Crippen LogP contribution in [-0.4, -0.2) is 54.3 Å². The Hall–Kier alpha value is -2.69. The number of carbonyl (C=O) groups is 1. The topological polar surface area (TPSA) is 83.2 Å². The maximum Gasteiger partial charge on any atom is 0.178 e. The molecule has 6 nitrogen and oxygen atoms in total. The lowest BCUT2D eigenvalue weighted by Crippen LogP contribution is -2.34. The third-order valence-electron chi connectivity index (χ3n) is 6.70. The Balaban J connectivity index is 1.64. The molecule has 2 saturated heterocycles. The van der Waals surface area contributed by atoms with Crippen molar-refractivity contribution in [2.45, 2.75) is 51.1 Å². The number of carbonyl (C=O) groups excluding carboxylic acids is 1. The fourth-order valence-corrected chi connectivity index (χ4v) is 5.64. The van der Waals surface area contributed by atoms with E-state index in [0.717, 1.165) is 17.1 Å². The van der Waals surface area contributed by atoms with Gasteiger partial charge in [0.05, 0.1) is 23.9 Å². The monoisotopic (exact) mass is 451 g/mol. The van der Waals surface area contributed by atoms with Crippen LogP contribution in [-0.2, 0) is 9.84 Å². The SMILES string of the molecule is Cc1c(C(=O)CN2C3CCC2CC3)cc(/C=C/CCS(C)(=O)=O)n1-c1ccc(C#N)cc1. The van der Waals surface area contributed by atoms with E-state index in [2.05, 4.69) is 11.0 Å². The van der Waals surface area contributed by atoms with Crippen LogP contribution >= 0.6 is 0 Å². The van der Waals surface area contributed by atoms with Crippen LogP contribution in [0.3, 0.4) is 0 Å². The lowest BCUT2D eigenvalue weighted by molar-refractivity contribution is 0.0917. The van der Waals surface area contributed by atoms with Crippen LogP contribution in [0.15, 0.2) is 36.4 Å². The molecule has 0 aliphatic carbocycles. The Morgan fingerprint density at radius 2 is 1.78 bits per heavy atom. The molecule has 0 saturated carbocycles. The highest BCUT2D eigenvalue weighted by atomic mass is 32.2. The quantitative estimate of drug-likeness (QED) is 0.568. The number of hydrogen-bond acceptors (Lipinski definition) is 5. The molecular formula is C25H29N3O3S. The number of nitriles is 1. The van der Waals surface area contributed by atoms with Gasteiger partial charge in [-0.3, -0.25) is 9.69 Å². The van der Waals surface area contributed by atoms with Crippen molar-refractivity contribution in [3.63, 3.8) is 0 Å². The summed E-state index contributed by atoms with van der Waals surface area (Å²) in [6, 6.07) is 12.4. The zero-order valence-corrected chi connectivity index (χ0v) is 19.4. The van der Waals surface area contributed by atoms with E-state index in [0.29, 0.717) is 36.2 Å². The van der Waals surface area contributed by atoms with Crippen LogP contribution in [0.2, 0.25) is 0 Å². The molecule has 1 aromatic carbocycles. The van der Waals surface area contributed by atoms with Crippen LogP contribution < -0.4 is 0 Å². The molecule has 0 unspecified atom stereocenters. The van der Waals surface area contributed by atoms with E-state index in [-0.39, 0.29) is 11.5 Å². The van der Waals surface area contributed by atoms with Crippen molar-refractivity contribution in [1.29, 1.82) is 5.26 Å². The summed E-state index contributed by atoms with van der Waals surface area (Å²) < 4.78 is 24.9. The lowest BCUT2D eigenvalue weighted by atomic mass is 10.0. The molecule has 0 atom stereocenters. The smallest absolute Gasteiger partial charge is 0.178 e. The van der Waals surface area contributed by atoms with Gasteiger partial charge in [0, 0.05) is 41.0 Å². The van der Waals surface area contributed by atoms with E-state index >= 15 is 0 Å². The minimum atomic E-state index is -3.03. The third kappa shape index (κ3) is 4.72. The van der Waals surface area contributed by atoms with Gasteiger partial charge in [-0.1, -0.05) is 6.08 Å². The Bertz CT molecular complexity index is 1170. The van der Waals surface area contributed by atoms with Crippen LogP contribution in [0, 0.1) is 18.3 Å². The summed E-state index contributed by atoms with van der Waals surface area (Å²) in [5.41, 5.74) is 3.82. The largest absolute Gasteiger partial charge is 0.314 e. The van der Waals surface area contributed by atoms with Crippen molar-refractivity contribution < 1.29 is 13.2 Å². The number of hydrogen-bond donors (Lipinski definition) is 0. The van der Waals surface area contributed by atoms with Crippen LogP contribution in [0.5, 0.6) is 0 Å². The summed E-state index contributed by atoms with van der Waals surface area (Å²) >= 11 is 0. The van der Waals surface area contributed by atoms with E-state index in [1.54, 1.807) is 12.1 Å². The molecule has 168 valence electrons. The molecule has 0 spiro atoms. The summed E-state index contributed by atoms with van der Waals surface area (Å²) in [5, 5.41) is 9.11. The van der Waals surface area contributed by atoms with Crippen molar-refractivity contribution in [2.75, 3.05) is 18.6 Å². The summed E-state index contributed by atoms with van der Waals surface area (Å²) in [7, 11) is -3.03. The predicted octanol–water partition coefficient (Wildman–Crippen LogP) is 3.91. The average molecular weight is 452 g/mol. The average Bonchev–Trinajstić information content (AvgIpc) is 3.43. The molecule has 0 amide bonds. The Morgan fingerprint density at radius 1 is 1.16 bits per heavy atom. The first-order chi connectivity index (χ1) is 15.3. The van der Waals surface area contributed by atoms with E-state index in [1.807, 2.05) is 41.8 Å². The molecule has 2 aromatic rings. The first-order valence-electron chi connectivity index (χ1n) is 11.1. The molecule has 3 heterocycles. The van der Waals surface area contributed by atoms with Crippen molar-refractivity contribution in [1.82, 2.24) is 9.47 Å². The van der Waals surface area contributed by atoms with Crippen molar-refractivity contribution in [3.05, 3.63) is 58.9 Å². The molecular weight excluding hydrogens is 422 g/mol. The molecule has 2 fully saturated rings. The minimum Gasteiger partial charge on any atom is -0.314 e. The lowest BCUT2D eigenvalue weighted by Gasteiger charge is -2.20. The van der Waals surface area contributed by atoms with Gasteiger partial charge in [-0.25, -0.2) is 8.42 Å². The van der Waals surface area contributed by atoms with Gasteiger partial charge in [-0.15, -0.1) is 0 Å². The van der Waals surface area contributed by atoms with E-state index in [4.69, 9.17) is 5.26 Å². The number of ketones is 1. The Labute approximate surface area is 190 Å². The molecule has 32 heavy (non-hydrogen) atoms. The molecule has 2 aliphatic rings. The number of rotatable bonds is 8. The molecule has 1 aromatic heterocycles. The maximum absolute atomic E-state index is 13.3. The minimum absolute atomic E-state index is 0.0869. The van der Waals surface area contributed by atoms with Gasteiger partial charge < -0.3 is 4.57 Å². The van der Waals surface area contributed by atoms with Gasteiger partial charge >= 0.3 is 0 Å². The summed E-state index contributed by atoms with van der Waals surface area (Å²) in [6.45, 7) is 2.39. The van der Waals surface area contributed by atoms with Gasteiger partial charge in [-0.2, -0.15) is 5.26 Å². The van der Waals surface area contributed by atoms with E-state index in [9.17, 15) is 13.2 Å². The van der Waals surface area contributed by atoms with E-state index in [1.165, 1.54) is 31.9 Å². The highest BCUT2D eigenvalue weighted by molar-refractivity contribution is 7.90. The number of Topliss-reactive ketones (excluding diaryl/α,β-unsaturated/α-hetero) is 1. The number of nitrogens with zero attached hydrogens (tertiary/aromatic N) is 3. The molecule has 4 rings (SSSR count). The molecule has 0 N–H and O–H groups in total. The van der Waals surface area contributed by atoms with Gasteiger partial charge in [0.25, 0.3) is 0 Å². The standard InChI is InChI=1S/C25H29N3O3S/c1-18-24(25(29)17-27-20-10-11-21(27)13-12-20)15-23(5-3-4-14-32(2,30)31)28(18)22-8-6-19(16-26)7-9-22/h3,5-9,15,20-21H,4,10-14,17H2,1-2H3/b5-3+. The summed E-state index contributed by atoms with van der Waals surface area (Å²) in [5.74, 6) is 0.211. The normalized spacial score (nSPS) is 20.8. The van der Waals surface area contributed by atoms with Crippen LogP contribution in [0.4, 0.5) is 0 Å². The molecule has 2 bridgehead atoms. The highest BCUT2D eigenvalue weighted by Crippen LogP contribution is 2.37. The zero-order chi connectivity index (χ0) is 22.9. The number of allylic oxidation sites excluding steroid dienone is 1. The van der Waals surface area contributed by atoms with Gasteiger partial charge in [0.1, 0.15) is 9.84 Å². The second kappa shape index (κ2) is 9.05. The van der Waals surface area contributed by atoms with Crippen molar-refractivity contribution in [2.24, 2.45) is 0 Å². The Morgan fingerprint density at radius 3 is 2.34 bits per heavy atom. The highest BCUT2D eigenvalue weighted by Gasteiger charge is 2.40. The summed E-state index contributed by atoms with van der Waals surface area (Å²) in [6.07, 6.45) is 10.1.